The van der Waals surface area contributed by atoms with Crippen molar-refractivity contribution in [3.8, 4) is 16.9 Å². The lowest BCUT2D eigenvalue weighted by Gasteiger charge is -2.40. The molecule has 218 valence electrons. The zero-order valence-electron chi connectivity index (χ0n) is 23.3. The standard InChI is InChI=1S/C30H29F2N5O4S/c1-5-19-10-9-13-24(42(4,40)41)27(19)37-29-21(16-23(32)26(33-29)20-11-7-8-12-22(20)31)28(34-30(37)39)36-15-14-35(17-18(36)3)25(38)6-2/h6-13,16,18H,2,5,14-15,17H2,1,3-4H3/t18-/m0/s1. The Morgan fingerprint density at radius 1 is 1.10 bits per heavy atom. The summed E-state index contributed by atoms with van der Waals surface area (Å²) in [6.07, 6.45) is 2.63. The number of aromatic nitrogens is 3. The van der Waals surface area contributed by atoms with Crippen LogP contribution in [0.5, 0.6) is 0 Å². The van der Waals surface area contributed by atoms with Gasteiger partial charge in [0.25, 0.3) is 0 Å². The molecular formula is C30H29F2N5O4S. The molecule has 0 spiro atoms. The fraction of sp³-hybridized carbons (Fsp3) is 0.267. The number of anilines is 1. The van der Waals surface area contributed by atoms with Gasteiger partial charge in [-0.3, -0.25) is 4.79 Å². The van der Waals surface area contributed by atoms with Crippen molar-refractivity contribution in [2.24, 2.45) is 0 Å². The lowest BCUT2D eigenvalue weighted by Crippen LogP contribution is -2.54. The van der Waals surface area contributed by atoms with Crippen molar-refractivity contribution in [2.45, 2.75) is 31.2 Å². The van der Waals surface area contributed by atoms with Crippen molar-refractivity contribution in [1.29, 1.82) is 0 Å². The third kappa shape index (κ3) is 5.06. The molecule has 3 heterocycles. The minimum absolute atomic E-state index is 0.0598. The number of nitrogens with zero attached hydrogens (tertiary/aromatic N) is 5. The Hall–Kier alpha value is -4.45. The number of hydrogen-bond acceptors (Lipinski definition) is 7. The van der Waals surface area contributed by atoms with Crippen LogP contribution in [0.1, 0.15) is 19.4 Å². The average Bonchev–Trinajstić information content (AvgIpc) is 2.96. The Kier molecular flexibility index (Phi) is 7.67. The lowest BCUT2D eigenvalue weighted by atomic mass is 10.1. The molecule has 1 aliphatic heterocycles. The normalized spacial score (nSPS) is 15.7. The summed E-state index contributed by atoms with van der Waals surface area (Å²) in [5.41, 5.74) is -0.781. The van der Waals surface area contributed by atoms with E-state index in [2.05, 4.69) is 16.5 Å². The number of piperazine rings is 1. The van der Waals surface area contributed by atoms with Crippen molar-refractivity contribution in [2.75, 3.05) is 30.8 Å². The van der Waals surface area contributed by atoms with E-state index in [0.29, 0.717) is 25.1 Å². The van der Waals surface area contributed by atoms with Crippen LogP contribution in [0.4, 0.5) is 14.6 Å². The smallest absolute Gasteiger partial charge is 0.350 e. The second-order valence-electron chi connectivity index (χ2n) is 10.1. The highest BCUT2D eigenvalue weighted by atomic mass is 32.2. The van der Waals surface area contributed by atoms with Crippen LogP contribution in [0.25, 0.3) is 28.0 Å². The minimum atomic E-state index is -3.84. The quantitative estimate of drug-likeness (QED) is 0.312. The topological polar surface area (TPSA) is 105 Å². The van der Waals surface area contributed by atoms with E-state index in [1.165, 1.54) is 36.4 Å². The number of benzene rings is 2. The van der Waals surface area contributed by atoms with Gasteiger partial charge in [-0.1, -0.05) is 37.8 Å². The molecule has 0 radical (unpaired) electrons. The first-order chi connectivity index (χ1) is 20.0. The molecule has 1 fully saturated rings. The number of fused-ring (bicyclic) bond motifs is 1. The number of sulfone groups is 1. The van der Waals surface area contributed by atoms with Crippen molar-refractivity contribution >= 4 is 32.6 Å². The fourth-order valence-electron chi connectivity index (χ4n) is 5.38. The Labute approximate surface area is 241 Å². The van der Waals surface area contributed by atoms with Crippen molar-refractivity contribution in [3.63, 3.8) is 0 Å². The van der Waals surface area contributed by atoms with E-state index in [1.807, 2.05) is 13.8 Å². The summed E-state index contributed by atoms with van der Waals surface area (Å²) in [4.78, 5) is 38.2. The number of aryl methyl sites for hydroxylation is 1. The number of hydrogen-bond donors (Lipinski definition) is 0. The highest BCUT2D eigenvalue weighted by Crippen LogP contribution is 2.34. The highest BCUT2D eigenvalue weighted by molar-refractivity contribution is 7.90. The summed E-state index contributed by atoms with van der Waals surface area (Å²) >= 11 is 0. The van der Waals surface area contributed by atoms with Crippen molar-refractivity contribution < 1.29 is 22.0 Å². The molecule has 42 heavy (non-hydrogen) atoms. The number of carbonyl (C=O) groups excluding carboxylic acids is 1. The van der Waals surface area contributed by atoms with Gasteiger partial charge in [0.05, 0.1) is 16.0 Å². The molecule has 0 bridgehead atoms. The summed E-state index contributed by atoms with van der Waals surface area (Å²) in [7, 11) is -3.84. The number of carbonyl (C=O) groups is 1. The Morgan fingerprint density at radius 3 is 2.48 bits per heavy atom. The van der Waals surface area contributed by atoms with E-state index in [-0.39, 0.29) is 57.2 Å². The predicted molar refractivity (Wildman–Crippen MR) is 157 cm³/mol. The van der Waals surface area contributed by atoms with Gasteiger partial charge >= 0.3 is 5.69 Å². The van der Waals surface area contributed by atoms with Gasteiger partial charge in [0.2, 0.25) is 5.91 Å². The highest BCUT2D eigenvalue weighted by Gasteiger charge is 2.31. The van der Waals surface area contributed by atoms with Crippen LogP contribution >= 0.6 is 0 Å². The maximum Gasteiger partial charge on any atom is 0.355 e. The van der Waals surface area contributed by atoms with Crippen LogP contribution in [-0.4, -0.2) is 65.7 Å². The third-order valence-electron chi connectivity index (χ3n) is 7.40. The monoisotopic (exact) mass is 593 g/mol. The van der Waals surface area contributed by atoms with Gasteiger partial charge in [-0.15, -0.1) is 0 Å². The molecule has 0 aliphatic carbocycles. The second-order valence-corrected chi connectivity index (χ2v) is 12.1. The van der Waals surface area contributed by atoms with Crippen LogP contribution in [-0.2, 0) is 21.1 Å². The fourth-order valence-corrected chi connectivity index (χ4v) is 6.28. The predicted octanol–water partition coefficient (Wildman–Crippen LogP) is 3.91. The molecule has 0 N–H and O–H groups in total. The van der Waals surface area contributed by atoms with Gasteiger partial charge in [-0.2, -0.15) is 4.98 Å². The third-order valence-corrected chi connectivity index (χ3v) is 8.53. The summed E-state index contributed by atoms with van der Waals surface area (Å²) in [6.45, 7) is 8.08. The van der Waals surface area contributed by atoms with Crippen LogP contribution in [0, 0.1) is 11.6 Å². The van der Waals surface area contributed by atoms with E-state index >= 15 is 4.39 Å². The summed E-state index contributed by atoms with van der Waals surface area (Å²) in [5, 5.41) is 0.132. The van der Waals surface area contributed by atoms with Crippen LogP contribution < -0.4 is 10.6 Å². The number of amides is 1. The van der Waals surface area contributed by atoms with Gasteiger partial charge in [-0.05, 0) is 49.2 Å². The van der Waals surface area contributed by atoms with Gasteiger partial charge in [-0.25, -0.2) is 31.5 Å². The van der Waals surface area contributed by atoms with Crippen molar-refractivity contribution in [3.05, 3.63) is 88.9 Å². The summed E-state index contributed by atoms with van der Waals surface area (Å²) in [6, 6.07) is 11.0. The first kappa shape index (κ1) is 29.1. The molecule has 0 unspecified atom stereocenters. The Balaban J connectivity index is 1.86. The Bertz CT molecular complexity index is 1910. The first-order valence-electron chi connectivity index (χ1n) is 13.3. The van der Waals surface area contributed by atoms with Crippen molar-refractivity contribution in [1.82, 2.24) is 19.4 Å². The zero-order chi connectivity index (χ0) is 30.3. The SMILES string of the molecule is C=CC(=O)N1CCN(c2nc(=O)n(-c3c(CC)cccc3S(C)(=O)=O)c3nc(-c4ccccc4F)c(F)cc23)[C@@H](C)C1. The first-order valence-corrected chi connectivity index (χ1v) is 15.2. The molecule has 4 aromatic rings. The van der Waals surface area contributed by atoms with Gasteiger partial charge in [0, 0.05) is 37.5 Å². The van der Waals surface area contributed by atoms with E-state index in [0.717, 1.165) is 16.9 Å². The van der Waals surface area contributed by atoms with E-state index in [1.54, 1.807) is 21.9 Å². The maximum absolute atomic E-state index is 15.8. The summed E-state index contributed by atoms with van der Waals surface area (Å²) in [5.74, 6) is -1.66. The molecule has 1 saturated heterocycles. The van der Waals surface area contributed by atoms with Crippen LogP contribution in [0.2, 0.25) is 0 Å². The average molecular weight is 594 g/mol. The molecular weight excluding hydrogens is 564 g/mol. The molecule has 1 aliphatic rings. The number of para-hydroxylation sites is 1. The minimum Gasteiger partial charge on any atom is -0.350 e. The Morgan fingerprint density at radius 2 is 1.83 bits per heavy atom. The van der Waals surface area contributed by atoms with Gasteiger partial charge in [0.15, 0.2) is 15.5 Å². The number of rotatable bonds is 6. The van der Waals surface area contributed by atoms with Crippen LogP contribution in [0.15, 0.2) is 70.9 Å². The molecule has 5 rings (SSSR count). The largest absolute Gasteiger partial charge is 0.355 e. The number of pyridine rings is 1. The van der Waals surface area contributed by atoms with Gasteiger partial charge in [0.1, 0.15) is 23.1 Å². The van der Waals surface area contributed by atoms with Gasteiger partial charge < -0.3 is 9.80 Å². The number of halogens is 2. The maximum atomic E-state index is 15.8. The molecule has 1 atom stereocenters. The second kappa shape index (κ2) is 11.1. The molecule has 9 nitrogen and oxygen atoms in total. The molecule has 1 amide bonds. The van der Waals surface area contributed by atoms with E-state index < -0.39 is 27.2 Å². The summed E-state index contributed by atoms with van der Waals surface area (Å²) < 4.78 is 57.4. The molecule has 2 aromatic carbocycles. The molecule has 12 heteroatoms. The van der Waals surface area contributed by atoms with E-state index in [4.69, 9.17) is 0 Å². The zero-order valence-corrected chi connectivity index (χ0v) is 24.2. The van der Waals surface area contributed by atoms with E-state index in [9.17, 15) is 22.4 Å². The molecule has 2 aromatic heterocycles. The van der Waals surface area contributed by atoms with Crippen LogP contribution in [0.3, 0.4) is 0 Å². The lowest BCUT2D eigenvalue weighted by molar-refractivity contribution is -0.126. The molecule has 0 saturated carbocycles.